The monoisotopic (exact) mass is 1920 g/mol. The van der Waals surface area contributed by atoms with Crippen LogP contribution in [0.1, 0.15) is 5.82 Å². The Morgan fingerprint density at radius 1 is 0.167 bits per heavy atom. The summed E-state index contributed by atoms with van der Waals surface area (Å²) in [5.74, 6) is 2.85. The van der Waals surface area contributed by atoms with Crippen LogP contribution >= 0.6 is 0 Å². The standard InChI is InChI=1S/C53H34N2.C41H26N6.C39H21N9/c1-2-16-44(17-3-1)55-50-21-11-10-20-49(50)54-53(55)38-26-22-37(23-27-38)41-30-31-47-48(34-41)52(43-29-25-36-13-5-7-15-40(36)33-43)46-19-9-8-18-45(46)51(47)42-28-24-35-12-4-6-14-39(35)32-42;1-25-44-36(32-8-2-6-30(22-32)34-18-16-28-14-12-26-10-4-20-42-38(26)40(28)46-34)24-37(45-25)33-9-3-7-31(23-33)35-19-17-29-15-13-27-11-5-21-43-39(27)41(29)47-35;1-4-22-7-10-25-13-16-28(43-34(25)31(22)40-19-1)37-46-38(29-17-14-26-11-8-23-5-2-20-41-32(23)35(26)44-29)48-39(47-37)30-18-15-27-12-9-24-6-3-21-42-33(24)36(27)45-30/h1-34H;2-24H,1H3;1-21H. The van der Waals surface area contributed by atoms with Crippen LogP contribution in [0.2, 0.25) is 0 Å². The van der Waals surface area contributed by atoms with Crippen LogP contribution in [0, 0.1) is 6.92 Å². The van der Waals surface area contributed by atoms with Crippen LogP contribution in [0.15, 0.2) is 474 Å². The van der Waals surface area contributed by atoms with E-state index in [-0.39, 0.29) is 0 Å². The highest BCUT2D eigenvalue weighted by molar-refractivity contribution is 6.23. The van der Waals surface area contributed by atoms with Crippen molar-refractivity contribution in [3.05, 3.63) is 480 Å². The van der Waals surface area contributed by atoms with E-state index >= 15 is 0 Å². The molecule has 150 heavy (non-hydrogen) atoms. The lowest BCUT2D eigenvalue weighted by Gasteiger charge is -2.19. The van der Waals surface area contributed by atoms with Gasteiger partial charge in [0.2, 0.25) is 0 Å². The molecule has 0 aliphatic carbocycles. The first-order chi connectivity index (χ1) is 74.2. The molecule has 0 fully saturated rings. The summed E-state index contributed by atoms with van der Waals surface area (Å²) in [6, 6.07) is 154. The lowest BCUT2D eigenvalue weighted by atomic mass is 9.84. The second kappa shape index (κ2) is 36.7. The maximum atomic E-state index is 5.12. The fourth-order valence-corrected chi connectivity index (χ4v) is 21.1. The predicted octanol–water partition coefficient (Wildman–Crippen LogP) is 32.1. The molecule has 30 aromatic rings. The molecule has 0 radical (unpaired) electrons. The minimum Gasteiger partial charge on any atom is -0.292 e. The lowest BCUT2D eigenvalue weighted by molar-refractivity contribution is 1.04. The summed E-state index contributed by atoms with van der Waals surface area (Å²) in [5, 5.41) is 20.2. The Morgan fingerprint density at radius 2 is 0.480 bits per heavy atom. The first kappa shape index (κ1) is 87.3. The van der Waals surface area contributed by atoms with E-state index in [1.165, 1.54) is 70.9 Å². The van der Waals surface area contributed by atoms with Crippen molar-refractivity contribution in [3.8, 4) is 130 Å². The molecular formula is C133H81N17. The topological polar surface area (TPSA) is 211 Å². The highest BCUT2D eigenvalue weighted by Gasteiger charge is 2.25. The Kier molecular flexibility index (Phi) is 21.3. The number of hydrogen-bond acceptors (Lipinski definition) is 16. The molecule has 17 heteroatoms. The molecule has 0 saturated heterocycles. The van der Waals surface area contributed by atoms with E-state index in [1.54, 1.807) is 18.6 Å². The van der Waals surface area contributed by atoms with Crippen molar-refractivity contribution in [2.45, 2.75) is 6.92 Å². The quantitative estimate of drug-likeness (QED) is 0.0822. The van der Waals surface area contributed by atoms with Gasteiger partial charge in [0.15, 0.2) is 17.5 Å². The number of nitrogens with zero attached hydrogens (tertiary/aromatic N) is 17. The van der Waals surface area contributed by atoms with Crippen LogP contribution in [0.25, 0.3) is 293 Å². The van der Waals surface area contributed by atoms with Gasteiger partial charge in [0.1, 0.15) is 28.7 Å². The first-order valence-corrected chi connectivity index (χ1v) is 49.9. The van der Waals surface area contributed by atoms with E-state index in [0.717, 1.165) is 188 Å². The van der Waals surface area contributed by atoms with Crippen molar-refractivity contribution in [1.29, 1.82) is 0 Å². The van der Waals surface area contributed by atoms with Gasteiger partial charge in [0, 0.05) is 118 Å². The maximum absolute atomic E-state index is 5.12. The van der Waals surface area contributed by atoms with Crippen LogP contribution in [-0.4, -0.2) is 84.3 Å². The number of rotatable bonds is 12. The van der Waals surface area contributed by atoms with Crippen LogP contribution in [0.5, 0.6) is 0 Å². The Bertz CT molecular complexity index is 10200. The molecule has 0 amide bonds. The maximum Gasteiger partial charge on any atom is 0.182 e. The molecule has 0 N–H and O–H groups in total. The summed E-state index contributed by atoms with van der Waals surface area (Å²) in [5.41, 5.74) is 29.2. The molecule has 0 aliphatic rings. The van der Waals surface area contributed by atoms with Crippen molar-refractivity contribution in [1.82, 2.24) is 84.3 Å². The summed E-state index contributed by atoms with van der Waals surface area (Å²) >= 11 is 0. The number of aryl methyl sites for hydroxylation is 1. The molecule has 698 valence electrons. The number of imidazole rings is 1. The number of pyridine rings is 10. The molecule has 17 aromatic carbocycles. The fourth-order valence-electron chi connectivity index (χ4n) is 21.1. The molecule has 0 saturated carbocycles. The Morgan fingerprint density at radius 3 is 0.907 bits per heavy atom. The highest BCUT2D eigenvalue weighted by Crippen LogP contribution is 2.48. The van der Waals surface area contributed by atoms with Gasteiger partial charge in [0.05, 0.1) is 89.0 Å². The van der Waals surface area contributed by atoms with Crippen molar-refractivity contribution in [2.75, 3.05) is 0 Å². The van der Waals surface area contributed by atoms with Crippen LogP contribution in [-0.2, 0) is 0 Å². The van der Waals surface area contributed by atoms with Gasteiger partial charge in [-0.2, -0.15) is 0 Å². The van der Waals surface area contributed by atoms with Crippen LogP contribution in [0.4, 0.5) is 0 Å². The van der Waals surface area contributed by atoms with Gasteiger partial charge in [0.25, 0.3) is 0 Å². The Hall–Kier alpha value is -20.6. The largest absolute Gasteiger partial charge is 0.292 e. The lowest BCUT2D eigenvalue weighted by Crippen LogP contribution is -2.03. The third-order valence-electron chi connectivity index (χ3n) is 28.4. The Labute approximate surface area is 858 Å². The fraction of sp³-hybridized carbons (Fsp3) is 0.00752. The average Bonchev–Trinajstić information content (AvgIpc) is 0.747. The summed E-state index contributed by atoms with van der Waals surface area (Å²) in [6.07, 6.45) is 8.98. The predicted molar refractivity (Wildman–Crippen MR) is 610 cm³/mol. The van der Waals surface area contributed by atoms with Gasteiger partial charge in [-0.15, -0.1) is 0 Å². The normalized spacial score (nSPS) is 11.6. The van der Waals surface area contributed by atoms with Crippen LogP contribution in [0.3, 0.4) is 0 Å². The van der Waals surface area contributed by atoms with Crippen molar-refractivity contribution >= 4 is 163 Å². The van der Waals surface area contributed by atoms with E-state index in [2.05, 4.69) is 387 Å². The SMILES string of the molecule is Cc1nc(-c2cccc(-c3ccc4ccc5cccnc5c4n3)c2)cc(-c2cccc(-c3ccc4ccc5cccnc5c4n3)c2)n1.c1ccc(-n2c(-c3ccc(-c4ccc5c(-c6ccc7ccccc7c6)c6ccccc6c(-c6ccc7ccccc7c6)c5c4)cc3)nc3ccccc32)cc1.c1cnc2c(c1)ccc1ccc(-c3nc(-c4ccc5ccc6cccnc6c5n4)nc(-c4ccc5ccc6cccnc6c5n4)n3)nc12. The number of hydrogen-bond donors (Lipinski definition) is 0. The van der Waals surface area contributed by atoms with E-state index in [0.29, 0.717) is 40.4 Å². The molecular weight excluding hydrogens is 1840 g/mol. The minimum atomic E-state index is 0.403. The molecule has 0 unspecified atom stereocenters. The molecule has 30 rings (SSSR count). The summed E-state index contributed by atoms with van der Waals surface area (Å²) in [4.78, 5) is 78.1. The molecule has 13 heterocycles. The van der Waals surface area contributed by atoms with Gasteiger partial charge in [-0.05, 0) is 205 Å². The summed E-state index contributed by atoms with van der Waals surface area (Å²) in [6.45, 7) is 1.94. The van der Waals surface area contributed by atoms with E-state index in [1.807, 2.05) is 104 Å². The smallest absolute Gasteiger partial charge is 0.182 e. The molecule has 0 atom stereocenters. The van der Waals surface area contributed by atoms with E-state index < -0.39 is 0 Å². The average molecular weight is 1920 g/mol. The number of para-hydroxylation sites is 3. The molecule has 0 aliphatic heterocycles. The van der Waals surface area contributed by atoms with E-state index in [9.17, 15) is 0 Å². The zero-order valence-electron chi connectivity index (χ0n) is 80.6. The highest BCUT2D eigenvalue weighted by atomic mass is 15.1. The third kappa shape index (κ3) is 15.9. The minimum absolute atomic E-state index is 0.403. The second-order valence-electron chi connectivity index (χ2n) is 37.6. The third-order valence-corrected chi connectivity index (χ3v) is 28.4. The zero-order chi connectivity index (χ0) is 99.2. The second-order valence-corrected chi connectivity index (χ2v) is 37.6. The van der Waals surface area contributed by atoms with Crippen LogP contribution < -0.4 is 0 Å². The number of aromatic nitrogens is 17. The Balaban J connectivity index is 0.000000108. The summed E-state index contributed by atoms with van der Waals surface area (Å²) < 4.78 is 2.26. The van der Waals surface area contributed by atoms with Crippen molar-refractivity contribution in [3.63, 3.8) is 0 Å². The van der Waals surface area contributed by atoms with Gasteiger partial charge in [-0.3, -0.25) is 29.5 Å². The van der Waals surface area contributed by atoms with E-state index in [4.69, 9.17) is 54.8 Å². The zero-order valence-corrected chi connectivity index (χ0v) is 80.6. The van der Waals surface area contributed by atoms with Crippen molar-refractivity contribution in [2.24, 2.45) is 0 Å². The number of fused-ring (bicyclic) bond motifs is 20. The first-order valence-electron chi connectivity index (χ1n) is 49.9. The van der Waals surface area contributed by atoms with Gasteiger partial charge in [-0.25, -0.2) is 54.8 Å². The van der Waals surface area contributed by atoms with Crippen molar-refractivity contribution < 1.29 is 0 Å². The van der Waals surface area contributed by atoms with Gasteiger partial charge < -0.3 is 0 Å². The summed E-state index contributed by atoms with van der Waals surface area (Å²) in [7, 11) is 0. The molecule has 0 bridgehead atoms. The molecule has 13 aromatic heterocycles. The van der Waals surface area contributed by atoms with Gasteiger partial charge in [-0.1, -0.05) is 322 Å². The number of benzene rings is 17. The molecule has 0 spiro atoms. The molecule has 17 nitrogen and oxygen atoms in total. The van der Waals surface area contributed by atoms with Gasteiger partial charge >= 0.3 is 0 Å².